The second-order valence-corrected chi connectivity index (χ2v) is 9.61. The Morgan fingerprint density at radius 1 is 0.511 bits per heavy atom. The minimum atomic E-state index is -6.11. The van der Waals surface area contributed by atoms with Gasteiger partial charge in [-0.25, -0.2) is 0 Å². The SMILES string of the molecule is FC(F)(F)C(Oc1nc(OC(C(F)(F)F)C(F)(F)F)nc(N2CCN(C(c3ccccc3)c3ccccc3)CC2)n1)C(F)(F)F. The molecule has 7 nitrogen and oxygen atoms in total. The number of hydrogen-bond donors (Lipinski definition) is 0. The summed E-state index contributed by atoms with van der Waals surface area (Å²) in [6.45, 7) is 0.0773. The Hall–Kier alpha value is -4.03. The Labute approximate surface area is 246 Å². The largest absolute Gasteiger partial charge is 0.440 e. The highest BCUT2D eigenvalue weighted by Gasteiger charge is 2.61. The minimum Gasteiger partial charge on any atom is -0.440 e. The van der Waals surface area contributed by atoms with E-state index in [1.165, 1.54) is 0 Å². The van der Waals surface area contributed by atoms with Gasteiger partial charge in [0.2, 0.25) is 5.95 Å². The highest BCUT2D eigenvalue weighted by Crippen LogP contribution is 2.39. The van der Waals surface area contributed by atoms with Crippen LogP contribution in [0.1, 0.15) is 17.2 Å². The molecule has 0 atom stereocenters. The number of aromatic nitrogens is 3. The van der Waals surface area contributed by atoms with E-state index in [1.807, 2.05) is 29.2 Å². The summed E-state index contributed by atoms with van der Waals surface area (Å²) in [4.78, 5) is 12.6. The van der Waals surface area contributed by atoms with Crippen molar-refractivity contribution >= 4 is 5.95 Å². The maximum Gasteiger partial charge on any atom is 0.434 e. The van der Waals surface area contributed by atoms with Crippen LogP contribution in [0.4, 0.5) is 58.6 Å². The number of halogens is 12. The monoisotopic (exact) mass is 663 g/mol. The first-order chi connectivity index (χ1) is 20.8. The van der Waals surface area contributed by atoms with Gasteiger partial charge < -0.3 is 14.4 Å². The second kappa shape index (κ2) is 12.8. The number of rotatable bonds is 8. The smallest absolute Gasteiger partial charge is 0.434 e. The zero-order valence-corrected chi connectivity index (χ0v) is 22.4. The summed E-state index contributed by atoms with van der Waals surface area (Å²) < 4.78 is 165. The fraction of sp³-hybridized carbons (Fsp3) is 0.423. The van der Waals surface area contributed by atoms with E-state index in [-0.39, 0.29) is 32.2 Å². The zero-order valence-electron chi connectivity index (χ0n) is 22.4. The van der Waals surface area contributed by atoms with Gasteiger partial charge in [0, 0.05) is 26.2 Å². The lowest BCUT2D eigenvalue weighted by molar-refractivity contribution is -0.302. The fourth-order valence-electron chi connectivity index (χ4n) is 4.49. The number of hydrogen-bond acceptors (Lipinski definition) is 7. The van der Waals surface area contributed by atoms with Crippen LogP contribution < -0.4 is 14.4 Å². The zero-order chi connectivity index (χ0) is 33.2. The van der Waals surface area contributed by atoms with Crippen LogP contribution in [0.2, 0.25) is 0 Å². The lowest BCUT2D eigenvalue weighted by atomic mass is 9.96. The molecule has 1 saturated heterocycles. The predicted octanol–water partition coefficient (Wildman–Crippen LogP) is 6.53. The van der Waals surface area contributed by atoms with Crippen molar-refractivity contribution in [2.45, 2.75) is 43.0 Å². The fourth-order valence-corrected chi connectivity index (χ4v) is 4.49. The molecule has 1 fully saturated rings. The van der Waals surface area contributed by atoms with Gasteiger partial charge in [0.1, 0.15) is 0 Å². The lowest BCUT2D eigenvalue weighted by Gasteiger charge is -2.39. The van der Waals surface area contributed by atoms with Crippen molar-refractivity contribution < 1.29 is 62.2 Å². The van der Waals surface area contributed by atoms with Gasteiger partial charge in [0.25, 0.3) is 12.2 Å². The van der Waals surface area contributed by atoms with E-state index in [9.17, 15) is 52.7 Å². The van der Waals surface area contributed by atoms with Crippen molar-refractivity contribution in [1.82, 2.24) is 19.9 Å². The molecule has 0 bridgehead atoms. The molecule has 246 valence electrons. The van der Waals surface area contributed by atoms with Crippen LogP contribution in [0.25, 0.3) is 0 Å². The average Bonchev–Trinajstić information content (AvgIpc) is 2.94. The van der Waals surface area contributed by atoms with Gasteiger partial charge in [-0.05, 0) is 11.1 Å². The molecule has 0 radical (unpaired) electrons. The Bertz CT molecular complexity index is 1270. The third-order valence-corrected chi connectivity index (χ3v) is 6.41. The van der Waals surface area contributed by atoms with E-state index in [0.717, 1.165) is 16.0 Å². The summed E-state index contributed by atoms with van der Waals surface area (Å²) in [7, 11) is 0. The molecule has 0 N–H and O–H groups in total. The summed E-state index contributed by atoms with van der Waals surface area (Å²) in [6, 6.07) is 14.2. The Morgan fingerprint density at radius 2 is 0.867 bits per heavy atom. The van der Waals surface area contributed by atoms with E-state index in [4.69, 9.17) is 0 Å². The molecule has 1 aliphatic rings. The van der Waals surface area contributed by atoms with Crippen molar-refractivity contribution in [3.8, 4) is 12.0 Å². The van der Waals surface area contributed by atoms with Crippen LogP contribution in [0, 0.1) is 0 Å². The van der Waals surface area contributed by atoms with Crippen LogP contribution in [-0.2, 0) is 0 Å². The standard InChI is InChI=1S/C26H21F12N5O2/c27-23(28,29)18(24(30,31)32)44-21-39-20(40-22(41-21)45-19(25(33,34)35)26(36,37)38)43-13-11-42(12-14-43)17(15-7-3-1-4-8-15)16-9-5-2-6-10-16/h1-10,17-19H,11-14H2. The number of anilines is 1. The van der Waals surface area contributed by atoms with Crippen molar-refractivity contribution in [2.24, 2.45) is 0 Å². The van der Waals surface area contributed by atoms with Crippen molar-refractivity contribution in [2.75, 3.05) is 31.1 Å². The summed E-state index contributed by atoms with van der Waals surface area (Å²) >= 11 is 0. The minimum absolute atomic E-state index is 0.108. The van der Waals surface area contributed by atoms with Gasteiger partial charge in [-0.15, -0.1) is 4.98 Å². The first kappa shape index (κ1) is 33.9. The molecule has 1 aliphatic heterocycles. The average molecular weight is 663 g/mol. The van der Waals surface area contributed by atoms with Gasteiger partial charge >= 0.3 is 36.7 Å². The first-order valence-electron chi connectivity index (χ1n) is 12.8. The third kappa shape index (κ3) is 8.58. The van der Waals surface area contributed by atoms with Crippen molar-refractivity contribution in [3.63, 3.8) is 0 Å². The highest BCUT2D eigenvalue weighted by molar-refractivity contribution is 5.36. The topological polar surface area (TPSA) is 63.6 Å². The van der Waals surface area contributed by atoms with Crippen LogP contribution in [0.15, 0.2) is 60.7 Å². The molecule has 0 unspecified atom stereocenters. The number of nitrogens with zero attached hydrogens (tertiary/aromatic N) is 5. The maximum absolute atomic E-state index is 13.1. The summed E-state index contributed by atoms with van der Waals surface area (Å²) in [5, 5.41) is 0. The van der Waals surface area contributed by atoms with E-state index in [0.29, 0.717) is 0 Å². The molecule has 45 heavy (non-hydrogen) atoms. The lowest BCUT2D eigenvalue weighted by Crippen LogP contribution is -2.49. The molecule has 2 aromatic carbocycles. The van der Waals surface area contributed by atoms with E-state index in [2.05, 4.69) is 24.4 Å². The number of ether oxygens (including phenoxy) is 2. The van der Waals surface area contributed by atoms with E-state index >= 15 is 0 Å². The summed E-state index contributed by atoms with van der Waals surface area (Å²) in [6.07, 6.45) is -33.6. The molecule has 0 amide bonds. The molecule has 1 aromatic heterocycles. The molecule has 0 saturated carbocycles. The normalized spacial score (nSPS) is 15.7. The molecule has 0 spiro atoms. The van der Waals surface area contributed by atoms with E-state index in [1.54, 1.807) is 36.4 Å². The molecule has 0 aliphatic carbocycles. The molecule has 2 heterocycles. The molecule has 19 heteroatoms. The highest BCUT2D eigenvalue weighted by atomic mass is 19.4. The second-order valence-electron chi connectivity index (χ2n) is 9.61. The first-order valence-corrected chi connectivity index (χ1v) is 12.8. The maximum atomic E-state index is 13.1. The molecule has 4 rings (SSSR count). The summed E-state index contributed by atoms with van der Waals surface area (Å²) in [5.74, 6) is -0.864. The Kier molecular flexibility index (Phi) is 9.60. The number of benzene rings is 2. The van der Waals surface area contributed by atoms with Crippen LogP contribution in [-0.4, -0.2) is 82.9 Å². The molecular weight excluding hydrogens is 642 g/mol. The van der Waals surface area contributed by atoms with Crippen molar-refractivity contribution in [3.05, 3.63) is 71.8 Å². The quantitative estimate of drug-likeness (QED) is 0.254. The van der Waals surface area contributed by atoms with Gasteiger partial charge in [-0.1, -0.05) is 60.7 Å². The predicted molar refractivity (Wildman–Crippen MR) is 131 cm³/mol. The molecular formula is C26H21F12N5O2. The van der Waals surface area contributed by atoms with E-state index < -0.39 is 54.9 Å². The Morgan fingerprint density at radius 3 is 1.20 bits per heavy atom. The number of alkyl halides is 12. The number of piperazine rings is 1. The Balaban J connectivity index is 1.66. The van der Waals surface area contributed by atoms with Gasteiger partial charge in [-0.2, -0.15) is 62.7 Å². The van der Waals surface area contributed by atoms with Gasteiger partial charge in [-0.3, -0.25) is 4.90 Å². The van der Waals surface area contributed by atoms with Crippen molar-refractivity contribution in [1.29, 1.82) is 0 Å². The van der Waals surface area contributed by atoms with Crippen LogP contribution in [0.5, 0.6) is 12.0 Å². The van der Waals surface area contributed by atoms with Gasteiger partial charge in [0.05, 0.1) is 6.04 Å². The van der Waals surface area contributed by atoms with Gasteiger partial charge in [0.15, 0.2) is 0 Å². The van der Waals surface area contributed by atoms with Crippen LogP contribution >= 0.6 is 0 Å². The summed E-state index contributed by atoms with van der Waals surface area (Å²) in [5.41, 5.74) is 1.75. The third-order valence-electron chi connectivity index (χ3n) is 6.41. The molecule has 3 aromatic rings. The van der Waals surface area contributed by atoms with Crippen LogP contribution in [0.3, 0.4) is 0 Å².